The molecule has 1 aromatic rings. The first-order valence-electron chi connectivity index (χ1n) is 7.45. The molecule has 1 aromatic carbocycles. The van der Waals surface area contributed by atoms with Crippen LogP contribution in [0.2, 0.25) is 5.02 Å². The number of anilines is 1. The Morgan fingerprint density at radius 2 is 2.00 bits per heavy atom. The quantitative estimate of drug-likeness (QED) is 0.697. The van der Waals surface area contributed by atoms with Gasteiger partial charge in [0.15, 0.2) is 0 Å². The molecule has 0 bridgehead atoms. The van der Waals surface area contributed by atoms with E-state index in [9.17, 15) is 9.59 Å². The molecule has 4 N–H and O–H groups in total. The molecular formula is C16H25Cl2N3O2. The first-order chi connectivity index (χ1) is 10.4. The van der Waals surface area contributed by atoms with Crippen molar-refractivity contribution >= 4 is 41.5 Å². The molecule has 0 saturated carbocycles. The molecule has 130 valence electrons. The van der Waals surface area contributed by atoms with Crippen LogP contribution in [-0.2, 0) is 9.59 Å². The molecule has 0 radical (unpaired) electrons. The second kappa shape index (κ2) is 10.5. The number of amides is 2. The van der Waals surface area contributed by atoms with Crippen molar-refractivity contribution < 1.29 is 9.59 Å². The highest BCUT2D eigenvalue weighted by Gasteiger charge is 2.19. The minimum Gasteiger partial charge on any atom is -0.354 e. The summed E-state index contributed by atoms with van der Waals surface area (Å²) in [5.74, 6) is -0.285. The van der Waals surface area contributed by atoms with Crippen LogP contribution < -0.4 is 16.4 Å². The van der Waals surface area contributed by atoms with Crippen molar-refractivity contribution in [2.24, 2.45) is 11.7 Å². The zero-order chi connectivity index (χ0) is 16.7. The van der Waals surface area contributed by atoms with Crippen molar-refractivity contribution in [3.63, 3.8) is 0 Å². The third-order valence-electron chi connectivity index (χ3n) is 3.75. The van der Waals surface area contributed by atoms with E-state index >= 15 is 0 Å². The molecule has 0 saturated heterocycles. The molecule has 7 heteroatoms. The number of carbonyl (C=O) groups excluding carboxylic acids is 2. The van der Waals surface area contributed by atoms with Crippen molar-refractivity contribution in [1.82, 2.24) is 5.32 Å². The largest absolute Gasteiger partial charge is 0.354 e. The fourth-order valence-electron chi connectivity index (χ4n) is 1.89. The Balaban J connectivity index is 0.00000484. The van der Waals surface area contributed by atoms with Gasteiger partial charge < -0.3 is 16.4 Å². The van der Waals surface area contributed by atoms with E-state index in [4.69, 9.17) is 17.3 Å². The van der Waals surface area contributed by atoms with Crippen molar-refractivity contribution in [3.05, 3.63) is 28.8 Å². The third kappa shape index (κ3) is 6.77. The number of halogens is 2. The SMILES string of the molecule is CCC(C)C(N)C(=O)NCCC(=O)Nc1cccc(Cl)c1C.Cl. The van der Waals surface area contributed by atoms with E-state index in [0.717, 1.165) is 12.0 Å². The van der Waals surface area contributed by atoms with Gasteiger partial charge in [0.05, 0.1) is 6.04 Å². The summed E-state index contributed by atoms with van der Waals surface area (Å²) in [5.41, 5.74) is 7.32. The van der Waals surface area contributed by atoms with Crippen molar-refractivity contribution in [2.45, 2.75) is 39.7 Å². The predicted molar refractivity (Wildman–Crippen MR) is 97.1 cm³/mol. The van der Waals surface area contributed by atoms with E-state index in [1.165, 1.54) is 0 Å². The lowest BCUT2D eigenvalue weighted by molar-refractivity contribution is -0.123. The van der Waals surface area contributed by atoms with Gasteiger partial charge in [-0.25, -0.2) is 0 Å². The van der Waals surface area contributed by atoms with Crippen LogP contribution in [0, 0.1) is 12.8 Å². The van der Waals surface area contributed by atoms with Gasteiger partial charge >= 0.3 is 0 Å². The second-order valence-electron chi connectivity index (χ2n) is 5.41. The van der Waals surface area contributed by atoms with E-state index in [1.54, 1.807) is 18.2 Å². The number of carbonyl (C=O) groups is 2. The average molecular weight is 362 g/mol. The molecule has 0 aliphatic rings. The first-order valence-corrected chi connectivity index (χ1v) is 7.82. The van der Waals surface area contributed by atoms with E-state index in [0.29, 0.717) is 10.7 Å². The Bertz CT molecular complexity index is 538. The number of benzene rings is 1. The number of hydrogen-bond donors (Lipinski definition) is 3. The second-order valence-corrected chi connectivity index (χ2v) is 5.82. The van der Waals surface area contributed by atoms with E-state index in [2.05, 4.69) is 10.6 Å². The Hall–Kier alpha value is -1.30. The highest BCUT2D eigenvalue weighted by atomic mass is 35.5. The van der Waals surface area contributed by atoms with Gasteiger partial charge in [-0.2, -0.15) is 0 Å². The van der Waals surface area contributed by atoms with Crippen LogP contribution in [-0.4, -0.2) is 24.4 Å². The van der Waals surface area contributed by atoms with E-state index < -0.39 is 6.04 Å². The lowest BCUT2D eigenvalue weighted by Crippen LogP contribution is -2.45. The Kier molecular flexibility index (Phi) is 9.88. The maximum atomic E-state index is 11.9. The smallest absolute Gasteiger partial charge is 0.237 e. The van der Waals surface area contributed by atoms with Crippen LogP contribution in [0.4, 0.5) is 5.69 Å². The molecule has 1 rings (SSSR count). The van der Waals surface area contributed by atoms with Crippen LogP contribution >= 0.6 is 24.0 Å². The van der Waals surface area contributed by atoms with Crippen molar-refractivity contribution in [2.75, 3.05) is 11.9 Å². The standard InChI is InChI=1S/C16H24ClN3O2.ClH/c1-4-10(2)15(18)16(22)19-9-8-14(21)20-13-7-5-6-12(17)11(13)3;/h5-7,10,15H,4,8-9,18H2,1-3H3,(H,19,22)(H,20,21);1H. The summed E-state index contributed by atoms with van der Waals surface area (Å²) < 4.78 is 0. The maximum Gasteiger partial charge on any atom is 0.237 e. The normalized spacial score (nSPS) is 12.7. The Morgan fingerprint density at radius 1 is 1.35 bits per heavy atom. The number of nitrogens with one attached hydrogen (secondary N) is 2. The van der Waals surface area contributed by atoms with E-state index in [-0.39, 0.29) is 43.1 Å². The van der Waals surface area contributed by atoms with Crippen molar-refractivity contribution in [3.8, 4) is 0 Å². The zero-order valence-electron chi connectivity index (χ0n) is 13.7. The molecule has 0 heterocycles. The fraction of sp³-hybridized carbons (Fsp3) is 0.500. The van der Waals surface area contributed by atoms with Gasteiger partial charge in [-0.15, -0.1) is 12.4 Å². The molecule has 0 aromatic heterocycles. The monoisotopic (exact) mass is 361 g/mol. The lowest BCUT2D eigenvalue weighted by atomic mass is 9.99. The minimum atomic E-state index is -0.539. The van der Waals surface area contributed by atoms with Crippen LogP contribution in [0.1, 0.15) is 32.3 Å². The highest BCUT2D eigenvalue weighted by molar-refractivity contribution is 6.31. The van der Waals surface area contributed by atoms with E-state index in [1.807, 2.05) is 20.8 Å². The van der Waals surface area contributed by atoms with Crippen LogP contribution in [0.15, 0.2) is 18.2 Å². The van der Waals surface area contributed by atoms with Crippen LogP contribution in [0.3, 0.4) is 0 Å². The summed E-state index contributed by atoms with van der Waals surface area (Å²) in [4.78, 5) is 23.7. The molecular weight excluding hydrogens is 337 g/mol. The molecule has 0 aliphatic heterocycles. The summed E-state index contributed by atoms with van der Waals surface area (Å²) >= 11 is 6.00. The maximum absolute atomic E-state index is 11.9. The van der Waals surface area contributed by atoms with Gasteiger partial charge in [-0.05, 0) is 30.5 Å². The summed E-state index contributed by atoms with van der Waals surface area (Å²) in [5, 5.41) is 6.07. The average Bonchev–Trinajstić information content (AvgIpc) is 2.50. The molecule has 2 unspecified atom stereocenters. The van der Waals surface area contributed by atoms with Gasteiger partial charge in [-0.3, -0.25) is 9.59 Å². The number of rotatable bonds is 7. The Morgan fingerprint density at radius 3 is 2.61 bits per heavy atom. The minimum absolute atomic E-state index is 0. The molecule has 2 amide bonds. The third-order valence-corrected chi connectivity index (χ3v) is 4.16. The molecule has 0 aliphatic carbocycles. The number of nitrogens with two attached hydrogens (primary N) is 1. The summed E-state index contributed by atoms with van der Waals surface area (Å²) in [6.45, 7) is 6.01. The lowest BCUT2D eigenvalue weighted by Gasteiger charge is -2.17. The summed E-state index contributed by atoms with van der Waals surface area (Å²) in [6.07, 6.45) is 1.02. The van der Waals surface area contributed by atoms with Gasteiger partial charge in [-0.1, -0.05) is 37.9 Å². The fourth-order valence-corrected chi connectivity index (χ4v) is 2.06. The van der Waals surface area contributed by atoms with Crippen LogP contribution in [0.25, 0.3) is 0 Å². The van der Waals surface area contributed by atoms with Gasteiger partial charge in [0, 0.05) is 23.7 Å². The first kappa shape index (κ1) is 21.7. The molecule has 0 spiro atoms. The summed E-state index contributed by atoms with van der Waals surface area (Å²) in [7, 11) is 0. The van der Waals surface area contributed by atoms with Crippen LogP contribution in [0.5, 0.6) is 0 Å². The van der Waals surface area contributed by atoms with Gasteiger partial charge in [0.25, 0.3) is 0 Å². The van der Waals surface area contributed by atoms with Gasteiger partial charge in [0.2, 0.25) is 11.8 Å². The molecule has 2 atom stereocenters. The molecule has 0 fully saturated rings. The Labute approximate surface area is 148 Å². The highest BCUT2D eigenvalue weighted by Crippen LogP contribution is 2.22. The molecule has 23 heavy (non-hydrogen) atoms. The zero-order valence-corrected chi connectivity index (χ0v) is 15.3. The predicted octanol–water partition coefficient (Wildman–Crippen LogP) is 2.89. The van der Waals surface area contributed by atoms with Gasteiger partial charge in [0.1, 0.15) is 0 Å². The summed E-state index contributed by atoms with van der Waals surface area (Å²) in [6, 6.07) is 4.79. The van der Waals surface area contributed by atoms with Crippen molar-refractivity contribution in [1.29, 1.82) is 0 Å². The number of hydrogen-bond acceptors (Lipinski definition) is 3. The molecule has 5 nitrogen and oxygen atoms in total. The topological polar surface area (TPSA) is 84.2 Å².